The Hall–Kier alpha value is -1.79. The monoisotopic (exact) mass is 375 g/mol. The standard InChI is InChI=1S/C19H21NO3S2/c1-25(22,23)16-10-6-7-14(13-16)19(21)20-17-11-4-5-12-18(17)24-15-8-2-3-9-15/h4-7,10-13,15H,2-3,8-9H2,1H3,(H,20,21). The van der Waals surface area contributed by atoms with E-state index in [0.29, 0.717) is 10.8 Å². The van der Waals surface area contributed by atoms with Crippen LogP contribution in [-0.2, 0) is 9.84 Å². The molecule has 0 saturated heterocycles. The van der Waals surface area contributed by atoms with E-state index in [4.69, 9.17) is 0 Å². The van der Waals surface area contributed by atoms with Crippen LogP contribution in [0.4, 0.5) is 5.69 Å². The summed E-state index contributed by atoms with van der Waals surface area (Å²) in [7, 11) is -3.34. The minimum Gasteiger partial charge on any atom is -0.321 e. The Morgan fingerprint density at radius 2 is 1.80 bits per heavy atom. The average Bonchev–Trinajstić information content (AvgIpc) is 3.09. The first-order chi connectivity index (χ1) is 11.9. The third kappa shape index (κ3) is 4.64. The molecule has 1 saturated carbocycles. The highest BCUT2D eigenvalue weighted by Crippen LogP contribution is 2.38. The highest BCUT2D eigenvalue weighted by Gasteiger charge is 2.18. The second-order valence-corrected chi connectivity index (χ2v) is 9.63. The lowest BCUT2D eigenvalue weighted by atomic mass is 10.2. The van der Waals surface area contributed by atoms with Gasteiger partial charge in [-0.05, 0) is 43.2 Å². The number of nitrogens with one attached hydrogen (secondary N) is 1. The molecule has 25 heavy (non-hydrogen) atoms. The van der Waals surface area contributed by atoms with Crippen molar-refractivity contribution in [1.82, 2.24) is 0 Å². The quantitative estimate of drug-likeness (QED) is 0.842. The molecule has 0 unspecified atom stereocenters. The van der Waals surface area contributed by atoms with Crippen LogP contribution in [0.5, 0.6) is 0 Å². The Morgan fingerprint density at radius 1 is 1.08 bits per heavy atom. The fourth-order valence-electron chi connectivity index (χ4n) is 2.92. The number of carbonyl (C=O) groups is 1. The van der Waals surface area contributed by atoms with Crippen LogP contribution in [0.1, 0.15) is 36.0 Å². The maximum absolute atomic E-state index is 12.6. The number of thioether (sulfide) groups is 1. The summed E-state index contributed by atoms with van der Waals surface area (Å²) in [6.45, 7) is 0. The second kappa shape index (κ2) is 7.62. The van der Waals surface area contributed by atoms with Gasteiger partial charge in [-0.15, -0.1) is 11.8 Å². The minimum absolute atomic E-state index is 0.147. The summed E-state index contributed by atoms with van der Waals surface area (Å²) < 4.78 is 23.4. The van der Waals surface area contributed by atoms with Gasteiger partial charge in [-0.3, -0.25) is 4.79 Å². The number of benzene rings is 2. The van der Waals surface area contributed by atoms with Gasteiger partial charge in [0.05, 0.1) is 10.6 Å². The van der Waals surface area contributed by atoms with Crippen LogP contribution in [0.15, 0.2) is 58.3 Å². The van der Waals surface area contributed by atoms with Crippen molar-refractivity contribution in [1.29, 1.82) is 0 Å². The van der Waals surface area contributed by atoms with Gasteiger partial charge < -0.3 is 5.32 Å². The second-order valence-electron chi connectivity index (χ2n) is 6.27. The van der Waals surface area contributed by atoms with E-state index in [1.807, 2.05) is 36.0 Å². The molecule has 1 aliphatic carbocycles. The molecule has 0 bridgehead atoms. The van der Waals surface area contributed by atoms with E-state index in [9.17, 15) is 13.2 Å². The number of para-hydroxylation sites is 1. The Kier molecular flexibility index (Phi) is 5.49. The third-order valence-electron chi connectivity index (χ3n) is 4.26. The van der Waals surface area contributed by atoms with Crippen molar-refractivity contribution in [2.75, 3.05) is 11.6 Å². The molecule has 0 spiro atoms. The molecule has 2 aromatic rings. The van der Waals surface area contributed by atoms with Gasteiger partial charge in [0, 0.05) is 22.0 Å². The molecular formula is C19H21NO3S2. The van der Waals surface area contributed by atoms with Crippen LogP contribution in [0.3, 0.4) is 0 Å². The maximum atomic E-state index is 12.6. The fraction of sp³-hybridized carbons (Fsp3) is 0.316. The van der Waals surface area contributed by atoms with Crippen molar-refractivity contribution < 1.29 is 13.2 Å². The molecule has 1 N–H and O–H groups in total. The molecule has 4 nitrogen and oxygen atoms in total. The third-order valence-corrected chi connectivity index (χ3v) is 6.78. The topological polar surface area (TPSA) is 63.2 Å². The van der Waals surface area contributed by atoms with Crippen molar-refractivity contribution in [3.05, 3.63) is 54.1 Å². The number of carbonyl (C=O) groups excluding carboxylic acids is 1. The highest BCUT2D eigenvalue weighted by molar-refractivity contribution is 8.00. The first kappa shape index (κ1) is 18.0. The molecule has 0 aliphatic heterocycles. The molecule has 1 aliphatic rings. The molecule has 2 aromatic carbocycles. The number of hydrogen-bond donors (Lipinski definition) is 1. The molecule has 0 aromatic heterocycles. The molecule has 132 valence electrons. The number of anilines is 1. The van der Waals surface area contributed by atoms with Gasteiger partial charge >= 0.3 is 0 Å². The molecule has 3 rings (SSSR count). The average molecular weight is 376 g/mol. The van der Waals surface area contributed by atoms with Crippen molar-refractivity contribution in [2.24, 2.45) is 0 Å². The SMILES string of the molecule is CS(=O)(=O)c1cccc(C(=O)Nc2ccccc2SC2CCCC2)c1. The lowest BCUT2D eigenvalue weighted by Gasteiger charge is -2.14. The van der Waals surface area contributed by atoms with Gasteiger partial charge in [0.2, 0.25) is 0 Å². The summed E-state index contributed by atoms with van der Waals surface area (Å²) >= 11 is 1.81. The van der Waals surface area contributed by atoms with E-state index in [-0.39, 0.29) is 10.8 Å². The van der Waals surface area contributed by atoms with Gasteiger partial charge in [-0.1, -0.05) is 31.0 Å². The van der Waals surface area contributed by atoms with Gasteiger partial charge in [0.15, 0.2) is 9.84 Å². The van der Waals surface area contributed by atoms with E-state index < -0.39 is 9.84 Å². The normalized spacial score (nSPS) is 15.2. The van der Waals surface area contributed by atoms with E-state index >= 15 is 0 Å². The van der Waals surface area contributed by atoms with Crippen LogP contribution in [-0.4, -0.2) is 25.8 Å². The first-order valence-corrected chi connectivity index (χ1v) is 11.1. The lowest BCUT2D eigenvalue weighted by Crippen LogP contribution is -2.13. The van der Waals surface area contributed by atoms with Crippen LogP contribution in [0.25, 0.3) is 0 Å². The lowest BCUT2D eigenvalue weighted by molar-refractivity contribution is 0.102. The predicted octanol–water partition coefficient (Wildman–Crippen LogP) is 4.38. The summed E-state index contributed by atoms with van der Waals surface area (Å²) in [5, 5.41) is 3.53. The number of sulfone groups is 1. The van der Waals surface area contributed by atoms with Crippen LogP contribution < -0.4 is 5.32 Å². The summed E-state index contributed by atoms with van der Waals surface area (Å²) in [5.74, 6) is -0.301. The predicted molar refractivity (Wildman–Crippen MR) is 102 cm³/mol. The summed E-state index contributed by atoms with van der Waals surface area (Å²) in [4.78, 5) is 13.8. The van der Waals surface area contributed by atoms with Crippen molar-refractivity contribution in [3.63, 3.8) is 0 Å². The Labute approximate surface area is 152 Å². The fourth-order valence-corrected chi connectivity index (χ4v) is 4.92. The van der Waals surface area contributed by atoms with Crippen molar-refractivity contribution in [3.8, 4) is 0 Å². The van der Waals surface area contributed by atoms with Crippen molar-refractivity contribution >= 4 is 33.2 Å². The zero-order valence-electron chi connectivity index (χ0n) is 14.1. The van der Waals surface area contributed by atoms with Gasteiger partial charge in [0.1, 0.15) is 0 Å². The molecular weight excluding hydrogens is 354 g/mol. The molecule has 6 heteroatoms. The van der Waals surface area contributed by atoms with E-state index in [1.54, 1.807) is 12.1 Å². The van der Waals surface area contributed by atoms with Gasteiger partial charge in [0.25, 0.3) is 5.91 Å². The van der Waals surface area contributed by atoms with Gasteiger partial charge in [-0.25, -0.2) is 8.42 Å². The maximum Gasteiger partial charge on any atom is 0.255 e. The van der Waals surface area contributed by atoms with Gasteiger partial charge in [-0.2, -0.15) is 0 Å². The first-order valence-electron chi connectivity index (χ1n) is 8.30. The van der Waals surface area contributed by atoms with E-state index in [0.717, 1.165) is 16.8 Å². The van der Waals surface area contributed by atoms with Crippen LogP contribution in [0, 0.1) is 0 Å². The Bertz CT molecular complexity index is 872. The zero-order chi connectivity index (χ0) is 17.9. The molecule has 0 radical (unpaired) electrons. The number of amides is 1. The minimum atomic E-state index is -3.34. The zero-order valence-corrected chi connectivity index (χ0v) is 15.7. The van der Waals surface area contributed by atoms with Crippen LogP contribution in [0.2, 0.25) is 0 Å². The molecule has 1 amide bonds. The smallest absolute Gasteiger partial charge is 0.255 e. The number of hydrogen-bond acceptors (Lipinski definition) is 4. The largest absolute Gasteiger partial charge is 0.321 e. The molecule has 0 heterocycles. The Balaban J connectivity index is 1.79. The number of rotatable bonds is 5. The van der Waals surface area contributed by atoms with E-state index in [1.165, 1.54) is 37.8 Å². The summed E-state index contributed by atoms with van der Waals surface area (Å²) in [5.41, 5.74) is 1.11. The Morgan fingerprint density at radius 3 is 2.52 bits per heavy atom. The molecule has 1 fully saturated rings. The summed E-state index contributed by atoms with van der Waals surface area (Å²) in [6, 6.07) is 13.9. The van der Waals surface area contributed by atoms with Crippen LogP contribution >= 0.6 is 11.8 Å². The highest BCUT2D eigenvalue weighted by atomic mass is 32.2. The van der Waals surface area contributed by atoms with E-state index in [2.05, 4.69) is 5.32 Å². The summed E-state index contributed by atoms with van der Waals surface area (Å²) in [6.07, 6.45) is 6.10. The van der Waals surface area contributed by atoms with Crippen molar-refractivity contribution in [2.45, 2.75) is 40.7 Å². The molecule has 0 atom stereocenters.